The number of nitrogens with one attached hydrogen (secondary N) is 2. The minimum Gasteiger partial charge on any atom is -0.357 e. The maximum atomic E-state index is 4.81. The molecule has 2 unspecified atom stereocenters. The van der Waals surface area contributed by atoms with Crippen molar-refractivity contribution in [3.05, 3.63) is 53.9 Å². The van der Waals surface area contributed by atoms with Crippen molar-refractivity contribution in [2.45, 2.75) is 39.2 Å². The third-order valence-corrected chi connectivity index (χ3v) is 5.08. The van der Waals surface area contributed by atoms with E-state index in [9.17, 15) is 0 Å². The Morgan fingerprint density at radius 1 is 1.28 bits per heavy atom. The lowest BCUT2D eigenvalue weighted by atomic mass is 9.79. The van der Waals surface area contributed by atoms with Crippen LogP contribution in [0.25, 0.3) is 0 Å². The number of rotatable bonds is 5. The van der Waals surface area contributed by atoms with Crippen LogP contribution in [0.15, 0.2) is 47.6 Å². The van der Waals surface area contributed by atoms with Crippen molar-refractivity contribution in [1.29, 1.82) is 0 Å². The number of guanidine groups is 1. The van der Waals surface area contributed by atoms with Crippen LogP contribution in [-0.4, -0.2) is 40.7 Å². The van der Waals surface area contributed by atoms with Gasteiger partial charge in [0, 0.05) is 25.8 Å². The highest BCUT2D eigenvalue weighted by molar-refractivity contribution is 5.80. The van der Waals surface area contributed by atoms with Crippen molar-refractivity contribution in [2.24, 2.45) is 10.9 Å². The van der Waals surface area contributed by atoms with E-state index in [2.05, 4.69) is 64.6 Å². The van der Waals surface area contributed by atoms with Crippen LogP contribution in [0, 0.1) is 5.92 Å². The van der Waals surface area contributed by atoms with Gasteiger partial charge in [-0.25, -0.2) is 4.99 Å². The van der Waals surface area contributed by atoms with Crippen molar-refractivity contribution in [1.82, 2.24) is 20.4 Å². The zero-order chi connectivity index (χ0) is 17.5. The van der Waals surface area contributed by atoms with Gasteiger partial charge in [0.05, 0.1) is 12.2 Å². The first-order valence-electron chi connectivity index (χ1n) is 9.38. The number of likely N-dealkylation sites (tertiary alicyclic amines) is 1. The standard InChI is InChI=1S/C20H29N5/c1-3-16-15-25(13-11-19(16)17-8-6-5-7-9-17)20(21-4-2)22-14-18-10-12-23-24-18/h5-10,12,16,19H,3-4,11,13-15H2,1-2H3,(H,21,22)(H,23,24). The molecular formula is C20H29N5. The van der Waals surface area contributed by atoms with Crippen LogP contribution in [-0.2, 0) is 6.54 Å². The molecule has 1 saturated heterocycles. The first-order valence-corrected chi connectivity index (χ1v) is 9.38. The molecule has 2 N–H and O–H groups in total. The molecule has 2 atom stereocenters. The Morgan fingerprint density at radius 2 is 2.12 bits per heavy atom. The van der Waals surface area contributed by atoms with Gasteiger partial charge in [0.2, 0.25) is 0 Å². The van der Waals surface area contributed by atoms with Gasteiger partial charge >= 0.3 is 0 Å². The first-order chi connectivity index (χ1) is 12.3. The second-order valence-electron chi connectivity index (χ2n) is 6.67. The Kier molecular flexibility index (Phi) is 6.09. The van der Waals surface area contributed by atoms with E-state index >= 15 is 0 Å². The third-order valence-electron chi connectivity index (χ3n) is 5.08. The van der Waals surface area contributed by atoms with Gasteiger partial charge in [-0.1, -0.05) is 43.7 Å². The van der Waals surface area contributed by atoms with Crippen molar-refractivity contribution >= 4 is 5.96 Å². The monoisotopic (exact) mass is 339 g/mol. The maximum absolute atomic E-state index is 4.81. The Hall–Kier alpha value is -2.30. The Morgan fingerprint density at radius 3 is 2.80 bits per heavy atom. The lowest BCUT2D eigenvalue weighted by molar-refractivity contribution is 0.215. The minimum absolute atomic E-state index is 0.637. The van der Waals surface area contributed by atoms with E-state index in [0.29, 0.717) is 18.4 Å². The molecule has 0 aliphatic carbocycles. The summed E-state index contributed by atoms with van der Waals surface area (Å²) < 4.78 is 0. The lowest BCUT2D eigenvalue weighted by Crippen LogP contribution is -2.48. The average molecular weight is 339 g/mol. The predicted octanol–water partition coefficient (Wildman–Crippen LogP) is 3.39. The molecule has 1 fully saturated rings. The van der Waals surface area contributed by atoms with Gasteiger partial charge in [-0.2, -0.15) is 5.10 Å². The molecule has 0 bridgehead atoms. The second kappa shape index (κ2) is 8.70. The molecule has 134 valence electrons. The molecule has 5 nitrogen and oxygen atoms in total. The molecule has 3 rings (SSSR count). The molecule has 5 heteroatoms. The van der Waals surface area contributed by atoms with E-state index in [1.807, 2.05) is 6.07 Å². The van der Waals surface area contributed by atoms with Gasteiger partial charge in [0.1, 0.15) is 0 Å². The second-order valence-corrected chi connectivity index (χ2v) is 6.67. The van der Waals surface area contributed by atoms with Crippen LogP contribution in [0.1, 0.15) is 43.9 Å². The molecule has 1 aromatic heterocycles. The molecule has 0 radical (unpaired) electrons. The number of nitrogens with zero attached hydrogens (tertiary/aromatic N) is 3. The average Bonchev–Trinajstić information content (AvgIpc) is 3.19. The summed E-state index contributed by atoms with van der Waals surface area (Å²) in [6.45, 7) is 8.06. The Bertz CT molecular complexity index is 650. The zero-order valence-corrected chi connectivity index (χ0v) is 15.3. The zero-order valence-electron chi connectivity index (χ0n) is 15.3. The highest BCUT2D eigenvalue weighted by Crippen LogP contribution is 2.34. The summed E-state index contributed by atoms with van der Waals surface area (Å²) in [5.41, 5.74) is 2.52. The molecule has 0 amide bonds. The van der Waals surface area contributed by atoms with Crippen LogP contribution in [0.2, 0.25) is 0 Å². The Labute approximate surface area is 150 Å². The molecule has 2 heterocycles. The lowest BCUT2D eigenvalue weighted by Gasteiger charge is -2.40. The Balaban J connectivity index is 1.70. The van der Waals surface area contributed by atoms with Gasteiger partial charge in [-0.15, -0.1) is 0 Å². The van der Waals surface area contributed by atoms with Crippen LogP contribution in [0.3, 0.4) is 0 Å². The highest BCUT2D eigenvalue weighted by atomic mass is 15.3. The van der Waals surface area contributed by atoms with Gasteiger partial charge < -0.3 is 10.2 Å². The highest BCUT2D eigenvalue weighted by Gasteiger charge is 2.30. The van der Waals surface area contributed by atoms with Gasteiger partial charge in [-0.05, 0) is 36.8 Å². The van der Waals surface area contributed by atoms with Crippen molar-refractivity contribution in [3.63, 3.8) is 0 Å². The third kappa shape index (κ3) is 4.41. The SMILES string of the molecule is CCNC(=NCc1ccn[nH]1)N1CCC(c2ccccc2)C(CC)C1. The maximum Gasteiger partial charge on any atom is 0.194 e. The number of aromatic amines is 1. The van der Waals surface area contributed by atoms with Gasteiger partial charge in [-0.3, -0.25) is 5.10 Å². The molecule has 2 aromatic rings. The van der Waals surface area contributed by atoms with Crippen molar-refractivity contribution in [2.75, 3.05) is 19.6 Å². The van der Waals surface area contributed by atoms with E-state index in [1.54, 1.807) is 6.20 Å². The number of aromatic nitrogens is 2. The van der Waals surface area contributed by atoms with Gasteiger partial charge in [0.15, 0.2) is 5.96 Å². The van der Waals surface area contributed by atoms with Crippen LogP contribution >= 0.6 is 0 Å². The largest absolute Gasteiger partial charge is 0.357 e. The fourth-order valence-corrected chi connectivity index (χ4v) is 3.74. The normalized spacial score (nSPS) is 21.4. The van der Waals surface area contributed by atoms with E-state index in [4.69, 9.17) is 4.99 Å². The van der Waals surface area contributed by atoms with E-state index in [-0.39, 0.29) is 0 Å². The van der Waals surface area contributed by atoms with Crippen molar-refractivity contribution < 1.29 is 0 Å². The molecule has 1 aliphatic heterocycles. The summed E-state index contributed by atoms with van der Waals surface area (Å²) in [6.07, 6.45) is 4.14. The molecule has 0 spiro atoms. The number of hydrogen-bond acceptors (Lipinski definition) is 2. The fraction of sp³-hybridized carbons (Fsp3) is 0.500. The summed E-state index contributed by atoms with van der Waals surface area (Å²) in [4.78, 5) is 7.23. The summed E-state index contributed by atoms with van der Waals surface area (Å²) in [5.74, 6) is 2.33. The number of piperidine rings is 1. The van der Waals surface area contributed by atoms with Crippen molar-refractivity contribution in [3.8, 4) is 0 Å². The summed E-state index contributed by atoms with van der Waals surface area (Å²) in [7, 11) is 0. The van der Waals surface area contributed by atoms with Gasteiger partial charge in [0.25, 0.3) is 0 Å². The molecule has 1 aromatic carbocycles. The minimum atomic E-state index is 0.637. The van der Waals surface area contributed by atoms with E-state index in [1.165, 1.54) is 18.4 Å². The van der Waals surface area contributed by atoms with Crippen LogP contribution in [0.4, 0.5) is 0 Å². The fourth-order valence-electron chi connectivity index (χ4n) is 3.74. The topological polar surface area (TPSA) is 56.3 Å². The number of hydrogen-bond donors (Lipinski definition) is 2. The van der Waals surface area contributed by atoms with E-state index in [0.717, 1.165) is 31.3 Å². The molecule has 1 aliphatic rings. The smallest absolute Gasteiger partial charge is 0.194 e. The number of benzene rings is 1. The quantitative estimate of drug-likeness (QED) is 0.648. The predicted molar refractivity (Wildman–Crippen MR) is 103 cm³/mol. The summed E-state index contributed by atoms with van der Waals surface area (Å²) in [5, 5.41) is 10.4. The van der Waals surface area contributed by atoms with Crippen LogP contribution < -0.4 is 5.32 Å². The van der Waals surface area contributed by atoms with Crippen LogP contribution in [0.5, 0.6) is 0 Å². The summed E-state index contributed by atoms with van der Waals surface area (Å²) >= 11 is 0. The summed E-state index contributed by atoms with van der Waals surface area (Å²) in [6, 6.07) is 12.9. The number of H-pyrrole nitrogens is 1. The molecule has 25 heavy (non-hydrogen) atoms. The van der Waals surface area contributed by atoms with E-state index < -0.39 is 0 Å². The first kappa shape index (κ1) is 17.5. The number of aliphatic imine (C=N–C) groups is 1. The molecule has 0 saturated carbocycles. The molecular weight excluding hydrogens is 310 g/mol.